The number of benzene rings is 1. The van der Waals surface area contributed by atoms with Crippen LogP contribution in [0.1, 0.15) is 37.2 Å². The lowest BCUT2D eigenvalue weighted by molar-refractivity contribution is 0.322. The summed E-state index contributed by atoms with van der Waals surface area (Å²) in [5.41, 5.74) is 6.93. The molecule has 1 heterocycles. The summed E-state index contributed by atoms with van der Waals surface area (Å²) in [6.45, 7) is 4.01. The van der Waals surface area contributed by atoms with Crippen LogP contribution in [0, 0.1) is 5.92 Å². The van der Waals surface area contributed by atoms with Gasteiger partial charge in [-0.2, -0.15) is 4.98 Å². The van der Waals surface area contributed by atoms with Crippen LogP contribution >= 0.6 is 23.2 Å². The van der Waals surface area contributed by atoms with E-state index in [0.29, 0.717) is 28.2 Å². The number of nitrogens with two attached hydrogens (primary N) is 1. The van der Waals surface area contributed by atoms with Gasteiger partial charge in [-0.25, -0.2) is 0 Å². The summed E-state index contributed by atoms with van der Waals surface area (Å²) < 4.78 is 5.17. The lowest BCUT2D eigenvalue weighted by atomic mass is 10.1. The van der Waals surface area contributed by atoms with Gasteiger partial charge in [0.15, 0.2) is 5.82 Å². The van der Waals surface area contributed by atoms with Crippen molar-refractivity contribution in [2.24, 2.45) is 11.7 Å². The Morgan fingerprint density at radius 1 is 1.26 bits per heavy atom. The maximum absolute atomic E-state index is 5.96. The highest BCUT2D eigenvalue weighted by atomic mass is 35.5. The molecule has 19 heavy (non-hydrogen) atoms. The van der Waals surface area contributed by atoms with Crippen molar-refractivity contribution in [3.05, 3.63) is 45.5 Å². The van der Waals surface area contributed by atoms with Gasteiger partial charge in [-0.3, -0.25) is 0 Å². The SMILES string of the molecule is CC(C)[C@H](N)c1nc(Cc2ccc(Cl)c(Cl)c2)no1. The van der Waals surface area contributed by atoms with Crippen LogP contribution in [0.25, 0.3) is 0 Å². The molecule has 2 aromatic rings. The van der Waals surface area contributed by atoms with Gasteiger partial charge in [0.2, 0.25) is 5.89 Å². The summed E-state index contributed by atoms with van der Waals surface area (Å²) in [4.78, 5) is 4.30. The van der Waals surface area contributed by atoms with E-state index < -0.39 is 0 Å². The van der Waals surface area contributed by atoms with Crippen LogP contribution in [-0.4, -0.2) is 10.1 Å². The molecule has 4 nitrogen and oxygen atoms in total. The Bertz CT molecular complexity index is 569. The predicted octanol–water partition coefficient (Wildman–Crippen LogP) is 3.62. The number of hydrogen-bond acceptors (Lipinski definition) is 4. The Kier molecular flexibility index (Phi) is 4.45. The van der Waals surface area contributed by atoms with Crippen LogP contribution in [0.15, 0.2) is 22.7 Å². The molecule has 0 bridgehead atoms. The Labute approximate surface area is 121 Å². The number of halogens is 2. The lowest BCUT2D eigenvalue weighted by Crippen LogP contribution is -2.17. The van der Waals surface area contributed by atoms with Crippen LogP contribution in [0.5, 0.6) is 0 Å². The molecule has 0 fully saturated rings. The van der Waals surface area contributed by atoms with Crippen molar-refractivity contribution in [2.45, 2.75) is 26.3 Å². The molecule has 1 aromatic heterocycles. The van der Waals surface area contributed by atoms with Gasteiger partial charge < -0.3 is 10.3 Å². The number of rotatable bonds is 4. The molecule has 2 rings (SSSR count). The second-order valence-electron chi connectivity index (χ2n) is 4.74. The van der Waals surface area contributed by atoms with Gasteiger partial charge in [0, 0.05) is 6.42 Å². The lowest BCUT2D eigenvalue weighted by Gasteiger charge is -2.09. The van der Waals surface area contributed by atoms with Crippen molar-refractivity contribution in [2.75, 3.05) is 0 Å². The molecule has 0 radical (unpaired) electrons. The largest absolute Gasteiger partial charge is 0.338 e. The second kappa shape index (κ2) is 5.90. The molecular formula is C13H15Cl2N3O. The summed E-state index contributed by atoms with van der Waals surface area (Å²) in [5, 5.41) is 4.97. The zero-order chi connectivity index (χ0) is 14.0. The van der Waals surface area contributed by atoms with Crippen molar-refractivity contribution in [3.8, 4) is 0 Å². The van der Waals surface area contributed by atoms with Crippen LogP contribution < -0.4 is 5.73 Å². The topological polar surface area (TPSA) is 64.9 Å². The fourth-order valence-electron chi connectivity index (χ4n) is 1.59. The summed E-state index contributed by atoms with van der Waals surface area (Å²) in [5.74, 6) is 1.30. The van der Waals surface area contributed by atoms with E-state index in [0.717, 1.165) is 5.56 Å². The molecule has 0 aliphatic carbocycles. The first-order valence-corrected chi connectivity index (χ1v) is 6.75. The standard InChI is InChI=1S/C13H15Cl2N3O/c1-7(2)12(16)13-17-11(18-19-13)6-8-3-4-9(14)10(15)5-8/h3-5,7,12H,6,16H2,1-2H3/t12-/m0/s1. The minimum atomic E-state index is -0.241. The van der Waals surface area contributed by atoms with Crippen molar-refractivity contribution in [1.29, 1.82) is 0 Å². The molecule has 1 aromatic carbocycles. The van der Waals surface area contributed by atoms with Gasteiger partial charge in [0.1, 0.15) is 0 Å². The third-order valence-corrected chi connectivity index (χ3v) is 3.57. The van der Waals surface area contributed by atoms with E-state index in [-0.39, 0.29) is 12.0 Å². The molecule has 0 aliphatic heterocycles. The number of hydrogen-bond donors (Lipinski definition) is 1. The summed E-state index contributed by atoms with van der Waals surface area (Å²) in [7, 11) is 0. The highest BCUT2D eigenvalue weighted by Gasteiger charge is 2.18. The first kappa shape index (κ1) is 14.3. The predicted molar refractivity (Wildman–Crippen MR) is 75.3 cm³/mol. The fraction of sp³-hybridized carbons (Fsp3) is 0.385. The van der Waals surface area contributed by atoms with Crippen molar-refractivity contribution in [3.63, 3.8) is 0 Å². The van der Waals surface area contributed by atoms with Gasteiger partial charge in [-0.1, -0.05) is 48.3 Å². The van der Waals surface area contributed by atoms with Gasteiger partial charge >= 0.3 is 0 Å². The van der Waals surface area contributed by atoms with Crippen molar-refractivity contribution in [1.82, 2.24) is 10.1 Å². The second-order valence-corrected chi connectivity index (χ2v) is 5.56. The zero-order valence-corrected chi connectivity index (χ0v) is 12.2. The highest BCUT2D eigenvalue weighted by molar-refractivity contribution is 6.42. The smallest absolute Gasteiger partial charge is 0.243 e. The minimum absolute atomic E-state index is 0.241. The van der Waals surface area contributed by atoms with Crippen LogP contribution in [0.3, 0.4) is 0 Å². The highest BCUT2D eigenvalue weighted by Crippen LogP contribution is 2.24. The van der Waals surface area contributed by atoms with E-state index in [1.165, 1.54) is 0 Å². The average molecular weight is 300 g/mol. The summed E-state index contributed by atoms with van der Waals surface area (Å²) >= 11 is 11.8. The molecule has 0 amide bonds. The van der Waals surface area contributed by atoms with Gasteiger partial charge in [-0.05, 0) is 23.6 Å². The van der Waals surface area contributed by atoms with E-state index in [1.807, 2.05) is 19.9 Å². The van der Waals surface area contributed by atoms with Crippen LogP contribution in [0.4, 0.5) is 0 Å². The molecule has 0 spiro atoms. The van der Waals surface area contributed by atoms with Crippen molar-refractivity contribution >= 4 is 23.2 Å². The molecule has 2 N–H and O–H groups in total. The molecule has 0 unspecified atom stereocenters. The van der Waals surface area contributed by atoms with Gasteiger partial charge in [0.05, 0.1) is 16.1 Å². The minimum Gasteiger partial charge on any atom is -0.338 e. The normalized spacial score (nSPS) is 12.9. The van der Waals surface area contributed by atoms with E-state index >= 15 is 0 Å². The maximum Gasteiger partial charge on any atom is 0.243 e. The maximum atomic E-state index is 5.96. The van der Waals surface area contributed by atoms with Gasteiger partial charge in [0.25, 0.3) is 0 Å². The number of nitrogens with zero attached hydrogens (tertiary/aromatic N) is 2. The first-order chi connectivity index (χ1) is 8.97. The molecule has 6 heteroatoms. The molecule has 1 atom stereocenters. The van der Waals surface area contributed by atoms with E-state index in [2.05, 4.69) is 10.1 Å². The Morgan fingerprint density at radius 3 is 2.63 bits per heavy atom. The Balaban J connectivity index is 2.13. The van der Waals surface area contributed by atoms with E-state index in [4.69, 9.17) is 33.5 Å². The monoisotopic (exact) mass is 299 g/mol. The fourth-order valence-corrected chi connectivity index (χ4v) is 1.91. The quantitative estimate of drug-likeness (QED) is 0.936. The molecule has 0 saturated carbocycles. The van der Waals surface area contributed by atoms with E-state index in [1.54, 1.807) is 12.1 Å². The van der Waals surface area contributed by atoms with Crippen LogP contribution in [0.2, 0.25) is 10.0 Å². The third-order valence-electron chi connectivity index (χ3n) is 2.83. The molecular weight excluding hydrogens is 285 g/mol. The Morgan fingerprint density at radius 2 is 2.00 bits per heavy atom. The van der Waals surface area contributed by atoms with Crippen LogP contribution in [-0.2, 0) is 6.42 Å². The molecule has 102 valence electrons. The van der Waals surface area contributed by atoms with Crippen molar-refractivity contribution < 1.29 is 4.52 Å². The number of aromatic nitrogens is 2. The Hall–Kier alpha value is -1.10. The summed E-state index contributed by atoms with van der Waals surface area (Å²) in [6, 6.07) is 5.18. The third kappa shape index (κ3) is 3.47. The average Bonchev–Trinajstić information content (AvgIpc) is 2.81. The zero-order valence-electron chi connectivity index (χ0n) is 10.7. The molecule has 0 aliphatic rings. The first-order valence-electron chi connectivity index (χ1n) is 5.99. The molecule has 0 saturated heterocycles. The summed E-state index contributed by atoms with van der Waals surface area (Å²) in [6.07, 6.45) is 0.533. The van der Waals surface area contributed by atoms with Gasteiger partial charge in [-0.15, -0.1) is 0 Å². The van der Waals surface area contributed by atoms with E-state index in [9.17, 15) is 0 Å².